The second kappa shape index (κ2) is 5.23. The highest BCUT2D eigenvalue weighted by atomic mass is 19.1. The number of piperidine rings is 1. The summed E-state index contributed by atoms with van der Waals surface area (Å²) in [6, 6.07) is 6.85. The van der Waals surface area contributed by atoms with E-state index < -0.39 is 0 Å². The molecule has 0 aliphatic carbocycles. The van der Waals surface area contributed by atoms with Gasteiger partial charge in [-0.15, -0.1) is 0 Å². The van der Waals surface area contributed by atoms with Crippen LogP contribution in [0.25, 0.3) is 10.9 Å². The number of nitrogens with zero attached hydrogens (tertiary/aromatic N) is 2. The maximum absolute atomic E-state index is 13.7. The molecule has 1 aliphatic heterocycles. The van der Waals surface area contributed by atoms with Crippen LogP contribution in [-0.4, -0.2) is 34.2 Å². The van der Waals surface area contributed by atoms with Crippen LogP contribution in [0, 0.1) is 5.82 Å². The molecule has 3 rings (SSSR count). The number of aliphatic hydroxyl groups is 1. The van der Waals surface area contributed by atoms with Crippen molar-refractivity contribution in [2.24, 2.45) is 0 Å². The first-order valence-corrected chi connectivity index (χ1v) is 6.66. The minimum absolute atomic E-state index is 0.167. The van der Waals surface area contributed by atoms with E-state index in [1.807, 2.05) is 6.07 Å². The largest absolute Gasteiger partial charge is 0.393 e. The fourth-order valence-electron chi connectivity index (χ4n) is 2.64. The molecule has 0 spiro atoms. The van der Waals surface area contributed by atoms with Crippen molar-refractivity contribution >= 4 is 10.9 Å². The van der Waals surface area contributed by atoms with Crippen molar-refractivity contribution in [1.29, 1.82) is 0 Å². The van der Waals surface area contributed by atoms with Crippen molar-refractivity contribution in [3.63, 3.8) is 0 Å². The van der Waals surface area contributed by atoms with Crippen LogP contribution in [0.1, 0.15) is 18.4 Å². The molecule has 0 saturated carbocycles. The minimum Gasteiger partial charge on any atom is -0.393 e. The van der Waals surface area contributed by atoms with Crippen molar-refractivity contribution in [2.75, 3.05) is 13.1 Å². The van der Waals surface area contributed by atoms with Gasteiger partial charge < -0.3 is 5.11 Å². The number of rotatable bonds is 2. The molecule has 2 aromatic rings. The zero-order valence-corrected chi connectivity index (χ0v) is 10.7. The lowest BCUT2D eigenvalue weighted by Crippen LogP contribution is -2.35. The molecule has 1 aliphatic rings. The number of aromatic nitrogens is 1. The Kier molecular flexibility index (Phi) is 3.44. The zero-order valence-electron chi connectivity index (χ0n) is 10.7. The topological polar surface area (TPSA) is 36.4 Å². The Morgan fingerprint density at radius 2 is 2.05 bits per heavy atom. The van der Waals surface area contributed by atoms with Gasteiger partial charge in [-0.05, 0) is 36.6 Å². The fourth-order valence-corrected chi connectivity index (χ4v) is 2.64. The molecule has 19 heavy (non-hydrogen) atoms. The molecule has 1 saturated heterocycles. The molecule has 4 heteroatoms. The average molecular weight is 260 g/mol. The Bertz CT molecular complexity index is 579. The summed E-state index contributed by atoms with van der Waals surface area (Å²) in [5, 5.41) is 10.1. The first-order valence-electron chi connectivity index (χ1n) is 6.66. The number of likely N-dealkylation sites (tertiary alicyclic amines) is 1. The van der Waals surface area contributed by atoms with Crippen molar-refractivity contribution < 1.29 is 9.50 Å². The number of hydrogen-bond donors (Lipinski definition) is 1. The van der Waals surface area contributed by atoms with E-state index in [2.05, 4.69) is 9.88 Å². The first-order chi connectivity index (χ1) is 9.24. The van der Waals surface area contributed by atoms with E-state index in [4.69, 9.17) is 0 Å². The highest BCUT2D eigenvalue weighted by molar-refractivity contribution is 5.82. The van der Waals surface area contributed by atoms with Crippen molar-refractivity contribution in [3.8, 4) is 0 Å². The number of benzene rings is 1. The minimum atomic E-state index is -0.221. The number of fused-ring (bicyclic) bond motifs is 1. The van der Waals surface area contributed by atoms with E-state index in [0.717, 1.165) is 43.6 Å². The zero-order chi connectivity index (χ0) is 13.2. The van der Waals surface area contributed by atoms with Gasteiger partial charge in [-0.1, -0.05) is 6.07 Å². The van der Waals surface area contributed by atoms with Gasteiger partial charge in [0.15, 0.2) is 0 Å². The standard InChI is InChI=1S/C15H17FN2O/c16-14-4-3-11(15-13(14)2-1-7-17-15)10-18-8-5-12(19)6-9-18/h1-4,7,12,19H,5-6,8-10H2. The molecule has 1 N–H and O–H groups in total. The summed E-state index contributed by atoms with van der Waals surface area (Å²) >= 11 is 0. The van der Waals surface area contributed by atoms with Gasteiger partial charge in [0.1, 0.15) is 5.82 Å². The quantitative estimate of drug-likeness (QED) is 0.900. The lowest BCUT2D eigenvalue weighted by molar-refractivity contribution is 0.0794. The summed E-state index contributed by atoms with van der Waals surface area (Å²) in [5.74, 6) is -0.221. The highest BCUT2D eigenvalue weighted by Gasteiger charge is 2.18. The van der Waals surface area contributed by atoms with Gasteiger partial charge in [0.2, 0.25) is 0 Å². The third-order valence-electron chi connectivity index (χ3n) is 3.75. The molecule has 0 atom stereocenters. The number of pyridine rings is 1. The molecular weight excluding hydrogens is 243 g/mol. The second-order valence-corrected chi connectivity index (χ2v) is 5.11. The summed E-state index contributed by atoms with van der Waals surface area (Å²) in [4.78, 5) is 6.59. The van der Waals surface area contributed by atoms with Crippen LogP contribution >= 0.6 is 0 Å². The van der Waals surface area contributed by atoms with Crippen LogP contribution in [0.15, 0.2) is 30.5 Å². The summed E-state index contributed by atoms with van der Waals surface area (Å²) in [6.07, 6.45) is 3.16. The number of halogens is 1. The van der Waals surface area contributed by atoms with Gasteiger partial charge in [0.25, 0.3) is 0 Å². The molecule has 1 aromatic carbocycles. The van der Waals surface area contributed by atoms with Gasteiger partial charge in [-0.25, -0.2) is 4.39 Å². The summed E-state index contributed by atoms with van der Waals surface area (Å²) < 4.78 is 13.7. The summed E-state index contributed by atoms with van der Waals surface area (Å²) in [5.41, 5.74) is 1.79. The van der Waals surface area contributed by atoms with Crippen LogP contribution in [0.4, 0.5) is 4.39 Å². The summed E-state index contributed by atoms with van der Waals surface area (Å²) in [6.45, 7) is 2.53. The first kappa shape index (κ1) is 12.5. The normalized spacial score (nSPS) is 18.0. The SMILES string of the molecule is OC1CCN(Cc2ccc(F)c3cccnc23)CC1. The van der Waals surface area contributed by atoms with Crippen molar-refractivity contribution in [2.45, 2.75) is 25.5 Å². The molecule has 1 aromatic heterocycles. The summed E-state index contributed by atoms with van der Waals surface area (Å²) in [7, 11) is 0. The van der Waals surface area contributed by atoms with Gasteiger partial charge in [-0.2, -0.15) is 0 Å². The molecule has 1 fully saturated rings. The molecule has 100 valence electrons. The van der Waals surface area contributed by atoms with Gasteiger partial charge in [-0.3, -0.25) is 9.88 Å². The molecule has 0 unspecified atom stereocenters. The third-order valence-corrected chi connectivity index (χ3v) is 3.75. The Balaban J connectivity index is 1.87. The van der Waals surface area contributed by atoms with Gasteiger partial charge in [0, 0.05) is 31.2 Å². The van der Waals surface area contributed by atoms with E-state index in [-0.39, 0.29) is 11.9 Å². The van der Waals surface area contributed by atoms with Crippen LogP contribution in [0.2, 0.25) is 0 Å². The molecule has 0 bridgehead atoms. The van der Waals surface area contributed by atoms with E-state index >= 15 is 0 Å². The van der Waals surface area contributed by atoms with E-state index in [1.165, 1.54) is 6.07 Å². The second-order valence-electron chi connectivity index (χ2n) is 5.11. The van der Waals surface area contributed by atoms with Crippen molar-refractivity contribution in [3.05, 3.63) is 41.8 Å². The van der Waals surface area contributed by atoms with Crippen LogP contribution < -0.4 is 0 Å². The average Bonchev–Trinajstić information content (AvgIpc) is 2.45. The molecule has 0 radical (unpaired) electrons. The van der Waals surface area contributed by atoms with Gasteiger partial charge >= 0.3 is 0 Å². The Morgan fingerprint density at radius 1 is 1.26 bits per heavy atom. The number of hydrogen-bond acceptors (Lipinski definition) is 3. The molecular formula is C15H17FN2O. The maximum Gasteiger partial charge on any atom is 0.132 e. The monoisotopic (exact) mass is 260 g/mol. The lowest BCUT2D eigenvalue weighted by Gasteiger charge is -2.29. The third kappa shape index (κ3) is 2.60. The molecule has 2 heterocycles. The van der Waals surface area contributed by atoms with Gasteiger partial charge in [0.05, 0.1) is 11.6 Å². The maximum atomic E-state index is 13.7. The Hall–Kier alpha value is -1.52. The Labute approximate surface area is 111 Å². The lowest BCUT2D eigenvalue weighted by atomic mass is 10.1. The van der Waals surface area contributed by atoms with Crippen LogP contribution in [0.3, 0.4) is 0 Å². The predicted molar refractivity (Wildman–Crippen MR) is 72.2 cm³/mol. The van der Waals surface area contributed by atoms with Crippen molar-refractivity contribution in [1.82, 2.24) is 9.88 Å². The molecule has 0 amide bonds. The molecule has 3 nitrogen and oxygen atoms in total. The predicted octanol–water partition coefficient (Wildman–Crippen LogP) is 2.33. The Morgan fingerprint density at radius 3 is 2.84 bits per heavy atom. The van der Waals surface area contributed by atoms with Crippen LogP contribution in [-0.2, 0) is 6.54 Å². The fraction of sp³-hybridized carbons (Fsp3) is 0.400. The van der Waals surface area contributed by atoms with Crippen LogP contribution in [0.5, 0.6) is 0 Å². The van der Waals surface area contributed by atoms with E-state index in [0.29, 0.717) is 5.39 Å². The van der Waals surface area contributed by atoms with E-state index in [1.54, 1.807) is 18.3 Å². The number of aliphatic hydroxyl groups excluding tert-OH is 1. The highest BCUT2D eigenvalue weighted by Crippen LogP contribution is 2.22. The van der Waals surface area contributed by atoms with E-state index in [9.17, 15) is 9.50 Å². The smallest absolute Gasteiger partial charge is 0.132 e.